The van der Waals surface area contributed by atoms with Crippen LogP contribution >= 0.6 is 34.8 Å². The lowest BCUT2D eigenvalue weighted by molar-refractivity contribution is -0.145. The van der Waals surface area contributed by atoms with E-state index in [-0.39, 0.29) is 29.6 Å². The molecule has 0 aliphatic carbocycles. The van der Waals surface area contributed by atoms with Crippen molar-refractivity contribution in [3.63, 3.8) is 0 Å². The second-order valence-corrected chi connectivity index (χ2v) is 9.24. The van der Waals surface area contributed by atoms with Crippen LogP contribution in [0.3, 0.4) is 0 Å². The Bertz CT molecular complexity index is 629. The summed E-state index contributed by atoms with van der Waals surface area (Å²) in [5.74, 6) is -0.175. The number of alkyl halides is 1. The zero-order chi connectivity index (χ0) is 20.4. The van der Waals surface area contributed by atoms with Crippen molar-refractivity contribution in [3.05, 3.63) is 28.2 Å². The standard InChI is InChI=1S/C20H28Cl3NO3/c1-14(5-4-11-20(2,3)23)10-12-27-19(26)9-8-18(25)24-15-6-7-16(21)17(22)13-15/h6-7,13-14H,4-5,8-12H2,1-3H3,(H,24,25)/t14-/m1/s1. The number of nitrogens with one attached hydrogen (secondary N) is 1. The Kier molecular flexibility index (Phi) is 10.5. The van der Waals surface area contributed by atoms with Gasteiger partial charge in [-0.2, -0.15) is 0 Å². The van der Waals surface area contributed by atoms with Crippen molar-refractivity contribution < 1.29 is 14.3 Å². The van der Waals surface area contributed by atoms with Gasteiger partial charge in [0, 0.05) is 17.0 Å². The number of ether oxygens (including phenoxy) is 1. The number of benzene rings is 1. The molecule has 152 valence electrons. The zero-order valence-corrected chi connectivity index (χ0v) is 18.4. The van der Waals surface area contributed by atoms with Crippen LogP contribution in [0.4, 0.5) is 5.69 Å². The monoisotopic (exact) mass is 435 g/mol. The predicted molar refractivity (Wildman–Crippen MR) is 113 cm³/mol. The Morgan fingerprint density at radius 2 is 1.85 bits per heavy atom. The normalized spacial score (nSPS) is 12.5. The lowest BCUT2D eigenvalue weighted by atomic mass is 9.97. The Labute approximate surface area is 176 Å². The molecule has 0 spiro atoms. The molecule has 0 saturated heterocycles. The van der Waals surface area contributed by atoms with Crippen molar-refractivity contribution in [2.45, 2.75) is 64.2 Å². The molecule has 0 fully saturated rings. The van der Waals surface area contributed by atoms with E-state index < -0.39 is 0 Å². The number of carbonyl (C=O) groups is 2. The van der Waals surface area contributed by atoms with E-state index in [1.807, 2.05) is 13.8 Å². The number of halogens is 3. The molecule has 0 saturated carbocycles. The topological polar surface area (TPSA) is 55.4 Å². The van der Waals surface area contributed by atoms with Gasteiger partial charge in [-0.3, -0.25) is 9.59 Å². The summed E-state index contributed by atoms with van der Waals surface area (Å²) in [7, 11) is 0. The van der Waals surface area contributed by atoms with Crippen LogP contribution in [0, 0.1) is 5.92 Å². The van der Waals surface area contributed by atoms with Crippen LogP contribution in [-0.2, 0) is 14.3 Å². The molecule has 1 amide bonds. The molecule has 27 heavy (non-hydrogen) atoms. The van der Waals surface area contributed by atoms with Crippen molar-refractivity contribution in [3.8, 4) is 0 Å². The average Bonchev–Trinajstić information content (AvgIpc) is 2.55. The summed E-state index contributed by atoms with van der Waals surface area (Å²) in [4.78, 5) is 23.5. The molecule has 0 unspecified atom stereocenters. The van der Waals surface area contributed by atoms with Gasteiger partial charge < -0.3 is 10.1 Å². The number of rotatable bonds is 11. The molecule has 7 heteroatoms. The molecular formula is C20H28Cl3NO3. The Balaban J connectivity index is 2.17. The highest BCUT2D eigenvalue weighted by Crippen LogP contribution is 2.25. The van der Waals surface area contributed by atoms with E-state index >= 15 is 0 Å². The molecule has 0 aliphatic heterocycles. The van der Waals surface area contributed by atoms with Crippen molar-refractivity contribution in [2.24, 2.45) is 5.92 Å². The van der Waals surface area contributed by atoms with E-state index in [4.69, 9.17) is 39.5 Å². The highest BCUT2D eigenvalue weighted by molar-refractivity contribution is 6.42. The number of hydrogen-bond acceptors (Lipinski definition) is 3. The molecule has 0 bridgehead atoms. The Morgan fingerprint density at radius 1 is 1.15 bits per heavy atom. The van der Waals surface area contributed by atoms with Gasteiger partial charge in [0.1, 0.15) is 0 Å². The van der Waals surface area contributed by atoms with Crippen LogP contribution in [0.25, 0.3) is 0 Å². The fourth-order valence-corrected chi connectivity index (χ4v) is 2.91. The molecule has 1 aromatic rings. The molecule has 1 N–H and O–H groups in total. The lowest BCUT2D eigenvalue weighted by Crippen LogP contribution is -2.15. The van der Waals surface area contributed by atoms with Crippen LogP contribution in [0.1, 0.15) is 59.3 Å². The second kappa shape index (κ2) is 11.8. The predicted octanol–water partition coefficient (Wildman–Crippen LogP) is 6.47. The first-order valence-electron chi connectivity index (χ1n) is 9.16. The Hall–Kier alpha value is -0.970. The molecule has 1 rings (SSSR count). The van der Waals surface area contributed by atoms with Gasteiger partial charge in [-0.1, -0.05) is 43.0 Å². The summed E-state index contributed by atoms with van der Waals surface area (Å²) in [6, 6.07) is 4.81. The van der Waals surface area contributed by atoms with E-state index in [0.717, 1.165) is 25.7 Å². The first-order valence-corrected chi connectivity index (χ1v) is 10.3. The number of amides is 1. The summed E-state index contributed by atoms with van der Waals surface area (Å²) < 4.78 is 5.21. The number of carbonyl (C=O) groups excluding carboxylic acids is 2. The van der Waals surface area contributed by atoms with E-state index in [1.54, 1.807) is 18.2 Å². The second-order valence-electron chi connectivity index (χ2n) is 7.40. The van der Waals surface area contributed by atoms with Crippen LogP contribution in [0.5, 0.6) is 0 Å². The largest absolute Gasteiger partial charge is 0.466 e. The van der Waals surface area contributed by atoms with Gasteiger partial charge in [-0.25, -0.2) is 0 Å². The highest BCUT2D eigenvalue weighted by atomic mass is 35.5. The third-order valence-corrected chi connectivity index (χ3v) is 5.03. The lowest BCUT2D eigenvalue weighted by Gasteiger charge is -2.17. The fraction of sp³-hybridized carbons (Fsp3) is 0.600. The van der Waals surface area contributed by atoms with Gasteiger partial charge in [0.2, 0.25) is 5.91 Å². The Morgan fingerprint density at radius 3 is 2.48 bits per heavy atom. The fourth-order valence-electron chi connectivity index (χ4n) is 2.47. The quantitative estimate of drug-likeness (QED) is 0.319. The van der Waals surface area contributed by atoms with Crippen molar-refractivity contribution in [2.75, 3.05) is 11.9 Å². The number of anilines is 1. The molecule has 0 aliphatic rings. The maximum atomic E-state index is 11.9. The first-order chi connectivity index (χ1) is 12.6. The SMILES string of the molecule is C[C@H](CCCC(C)(C)Cl)CCOC(=O)CCC(=O)Nc1ccc(Cl)c(Cl)c1. The average molecular weight is 437 g/mol. The van der Waals surface area contributed by atoms with E-state index in [0.29, 0.717) is 28.3 Å². The van der Waals surface area contributed by atoms with Crippen LogP contribution in [0.2, 0.25) is 10.0 Å². The molecule has 1 aromatic carbocycles. The highest BCUT2D eigenvalue weighted by Gasteiger charge is 2.14. The van der Waals surface area contributed by atoms with Gasteiger partial charge in [-0.15, -0.1) is 11.6 Å². The van der Waals surface area contributed by atoms with Crippen molar-refractivity contribution >= 4 is 52.4 Å². The van der Waals surface area contributed by atoms with Gasteiger partial charge in [0.05, 0.1) is 23.1 Å². The third kappa shape index (κ3) is 11.5. The van der Waals surface area contributed by atoms with E-state index in [1.165, 1.54) is 0 Å². The number of hydrogen-bond donors (Lipinski definition) is 1. The molecule has 1 atom stereocenters. The summed E-state index contributed by atoms with van der Waals surface area (Å²) in [6.07, 6.45) is 3.98. The molecule has 4 nitrogen and oxygen atoms in total. The summed E-state index contributed by atoms with van der Waals surface area (Å²) in [6.45, 7) is 6.54. The zero-order valence-electron chi connectivity index (χ0n) is 16.1. The first kappa shape index (κ1) is 24.1. The smallest absolute Gasteiger partial charge is 0.306 e. The van der Waals surface area contributed by atoms with Gasteiger partial charge in [-0.05, 0) is 50.8 Å². The van der Waals surface area contributed by atoms with E-state index in [9.17, 15) is 9.59 Å². The molecule has 0 radical (unpaired) electrons. The minimum absolute atomic E-state index is 0.0436. The van der Waals surface area contributed by atoms with Crippen molar-refractivity contribution in [1.29, 1.82) is 0 Å². The third-order valence-electron chi connectivity index (χ3n) is 4.10. The summed E-state index contributed by atoms with van der Waals surface area (Å²) in [5.41, 5.74) is 0.539. The molecule has 0 aromatic heterocycles. The molecule has 0 heterocycles. The van der Waals surface area contributed by atoms with Crippen LogP contribution in [0.15, 0.2) is 18.2 Å². The molecular weight excluding hydrogens is 409 g/mol. The maximum absolute atomic E-state index is 11.9. The van der Waals surface area contributed by atoms with E-state index in [2.05, 4.69) is 12.2 Å². The minimum Gasteiger partial charge on any atom is -0.466 e. The minimum atomic E-state index is -0.367. The summed E-state index contributed by atoms with van der Waals surface area (Å²) in [5, 5.41) is 3.45. The summed E-state index contributed by atoms with van der Waals surface area (Å²) >= 11 is 17.9. The van der Waals surface area contributed by atoms with Crippen LogP contribution in [-0.4, -0.2) is 23.4 Å². The van der Waals surface area contributed by atoms with Crippen LogP contribution < -0.4 is 5.32 Å². The van der Waals surface area contributed by atoms with Gasteiger partial charge >= 0.3 is 5.97 Å². The maximum Gasteiger partial charge on any atom is 0.306 e. The number of esters is 1. The van der Waals surface area contributed by atoms with Crippen molar-refractivity contribution in [1.82, 2.24) is 0 Å². The van der Waals surface area contributed by atoms with Gasteiger partial charge in [0.25, 0.3) is 0 Å². The van der Waals surface area contributed by atoms with Gasteiger partial charge in [0.15, 0.2) is 0 Å².